The summed E-state index contributed by atoms with van der Waals surface area (Å²) in [7, 11) is 0. The summed E-state index contributed by atoms with van der Waals surface area (Å²) in [5, 5.41) is 67.5. The number of likely N-dealkylation sites (tertiary alicyclic amines) is 3. The van der Waals surface area contributed by atoms with Crippen LogP contribution in [0.2, 0.25) is 0 Å². The van der Waals surface area contributed by atoms with Gasteiger partial charge in [0.2, 0.25) is 0 Å². The average Bonchev–Trinajstić information content (AvgIpc) is 4.44. The van der Waals surface area contributed by atoms with Crippen LogP contribution in [0, 0.1) is 17.8 Å². The zero-order chi connectivity index (χ0) is 50.9. The van der Waals surface area contributed by atoms with Crippen LogP contribution in [0.5, 0.6) is 34.5 Å². The highest BCUT2D eigenvalue weighted by atomic mass is 16.5. The maximum atomic E-state index is 12.1. The van der Waals surface area contributed by atoms with Crippen molar-refractivity contribution in [2.75, 3.05) is 39.3 Å². The van der Waals surface area contributed by atoms with Gasteiger partial charge in [0.25, 0.3) is 0 Å². The molecule has 12 atom stereocenters. The van der Waals surface area contributed by atoms with Crippen molar-refractivity contribution in [1.29, 1.82) is 0 Å². The number of hydrogen-bond acceptors (Lipinski definition) is 12. The molecule has 18 rings (SSSR count). The Morgan fingerprint density at radius 3 is 0.973 bits per heavy atom. The molecule has 6 N–H and O–H groups in total. The fourth-order valence-corrected chi connectivity index (χ4v) is 19.2. The zero-order valence-corrected chi connectivity index (χ0v) is 43.5. The smallest absolute Gasteiger partial charge is 0.166 e. The van der Waals surface area contributed by atoms with E-state index in [9.17, 15) is 30.6 Å². The van der Waals surface area contributed by atoms with E-state index in [1.807, 2.05) is 18.2 Å². The molecule has 12 heteroatoms. The highest BCUT2D eigenvalue weighted by Crippen LogP contribution is 2.70. The molecule has 9 aliphatic carbocycles. The minimum absolute atomic E-state index is 0.157. The molecule has 6 saturated carbocycles. The van der Waals surface area contributed by atoms with Gasteiger partial charge in [-0.2, -0.15) is 0 Å². The summed E-state index contributed by atoms with van der Waals surface area (Å²) in [6.07, 6.45) is 17.4. The van der Waals surface area contributed by atoms with Crippen molar-refractivity contribution in [3.05, 3.63) is 106 Å². The first-order valence-electron chi connectivity index (χ1n) is 29.1. The van der Waals surface area contributed by atoms with Gasteiger partial charge in [0, 0.05) is 54.5 Å². The van der Waals surface area contributed by atoms with Crippen molar-refractivity contribution < 1.29 is 44.8 Å². The maximum Gasteiger partial charge on any atom is 0.166 e. The summed E-state index contributed by atoms with van der Waals surface area (Å²) >= 11 is 0. The Kier molecular flexibility index (Phi) is 9.54. The van der Waals surface area contributed by atoms with Gasteiger partial charge in [0.1, 0.15) is 18.3 Å². The number of hydrogen-bond donors (Lipinski definition) is 6. The van der Waals surface area contributed by atoms with Crippen LogP contribution in [0.4, 0.5) is 0 Å². The minimum atomic E-state index is -0.780. The van der Waals surface area contributed by atoms with E-state index in [1.165, 1.54) is 55.2 Å². The molecule has 75 heavy (non-hydrogen) atoms. The predicted molar refractivity (Wildman–Crippen MR) is 282 cm³/mol. The van der Waals surface area contributed by atoms with Gasteiger partial charge in [-0.15, -0.1) is 0 Å². The number of phenols is 3. The molecular formula is C63H75N3O9. The molecule has 6 bridgehead atoms. The second-order valence-electron chi connectivity index (χ2n) is 26.7. The minimum Gasteiger partial charge on any atom is -0.504 e. The molecule has 3 aromatic rings. The first-order chi connectivity index (χ1) is 36.1. The number of nitrogens with zero attached hydrogens (tertiary/aromatic N) is 3. The number of rotatable bonds is 6. The van der Waals surface area contributed by atoms with E-state index in [2.05, 4.69) is 34.4 Å². The monoisotopic (exact) mass is 1020 g/mol. The van der Waals surface area contributed by atoms with Crippen LogP contribution in [0.1, 0.15) is 130 Å². The quantitative estimate of drug-likeness (QED) is 0.135. The molecule has 12 nitrogen and oxygen atoms in total. The third-order valence-electron chi connectivity index (χ3n) is 23.1. The van der Waals surface area contributed by atoms with Gasteiger partial charge in [-0.3, -0.25) is 14.7 Å². The van der Waals surface area contributed by atoms with Crippen LogP contribution >= 0.6 is 0 Å². The fraction of sp³-hybridized carbons (Fsp3) is 0.619. The lowest BCUT2D eigenvalue weighted by molar-refractivity contribution is -0.174. The standard InChI is InChI=1S/3C21H25NO3/c3*1-12-6-7-21(24)16-10-14-4-5-15(23)18-17(14)20(21,19(12)25-18)8-9-22(16)11-13-2-3-13/h3*4-5,13,16,19,23-24H,1-3,6-11H2/t3*16-,19+,20+,21-/m111/s1. The van der Waals surface area contributed by atoms with Crippen molar-refractivity contribution in [2.45, 2.75) is 185 Å². The van der Waals surface area contributed by atoms with Gasteiger partial charge in [-0.05, 0) is 205 Å². The van der Waals surface area contributed by atoms with Gasteiger partial charge in [0.15, 0.2) is 34.5 Å². The van der Waals surface area contributed by atoms with Gasteiger partial charge < -0.3 is 44.8 Å². The summed E-state index contributed by atoms with van der Waals surface area (Å²) in [6.45, 7) is 19.2. The van der Waals surface area contributed by atoms with Crippen LogP contribution in [0.25, 0.3) is 0 Å². The second kappa shape index (κ2) is 15.4. The van der Waals surface area contributed by atoms with Crippen LogP contribution < -0.4 is 14.2 Å². The summed E-state index contributed by atoms with van der Waals surface area (Å²) in [5.74, 6) is 4.91. The Morgan fingerprint density at radius 1 is 0.427 bits per heavy atom. The number of phenolic OH excluding ortho intramolecular Hbond substituents is 3. The molecule has 3 saturated heterocycles. The van der Waals surface area contributed by atoms with Gasteiger partial charge >= 0.3 is 0 Å². The highest BCUT2D eigenvalue weighted by molar-refractivity contribution is 5.67. The van der Waals surface area contributed by atoms with Crippen molar-refractivity contribution in [3.63, 3.8) is 0 Å². The van der Waals surface area contributed by atoms with Crippen molar-refractivity contribution in [1.82, 2.24) is 14.7 Å². The molecule has 0 unspecified atom stereocenters. The van der Waals surface area contributed by atoms with Gasteiger partial charge in [-0.25, -0.2) is 0 Å². The topological polar surface area (TPSA) is 159 Å². The first-order valence-corrected chi connectivity index (χ1v) is 29.1. The van der Waals surface area contributed by atoms with Gasteiger partial charge in [0.05, 0.1) is 33.0 Å². The summed E-state index contributed by atoms with van der Waals surface area (Å²) in [6, 6.07) is 11.9. The molecule has 3 spiro atoms. The highest BCUT2D eigenvalue weighted by Gasteiger charge is 2.75. The Bertz CT molecular complexity index is 2720. The average molecular weight is 1020 g/mol. The van der Waals surface area contributed by atoms with E-state index in [1.54, 1.807) is 18.2 Å². The first kappa shape index (κ1) is 46.5. The Morgan fingerprint density at radius 2 is 0.707 bits per heavy atom. The molecule has 3 aromatic carbocycles. The number of aromatic hydroxyl groups is 3. The molecule has 0 amide bonds. The van der Waals surface area contributed by atoms with E-state index < -0.39 is 33.0 Å². The molecule has 6 aliphatic heterocycles. The lowest BCUT2D eigenvalue weighted by Crippen LogP contribution is -2.75. The van der Waals surface area contributed by atoms with Crippen molar-refractivity contribution >= 4 is 0 Å². The zero-order valence-electron chi connectivity index (χ0n) is 43.5. The lowest BCUT2D eigenvalue weighted by Gasteiger charge is -2.63. The third kappa shape index (κ3) is 5.85. The molecule has 0 aromatic heterocycles. The number of ether oxygens (including phenoxy) is 3. The van der Waals surface area contributed by atoms with E-state index in [4.69, 9.17) is 14.2 Å². The SMILES string of the molecule is C=C1CC[C@@]2(O)[C@H]3Cc4ccc(O)c5c4[C@@]2(CCN3CC2CC2)[C@H]1O5.C=C1CC[C@@]2(O)[C@H]3Cc4ccc(O)c5c4[C@@]2(CCN3CC2CC2)[C@H]1O5.C=C1CC[C@@]2(O)[C@H]3Cc4ccc(O)c5c4[C@@]2(CCN3CC2CC2)[C@H]1O5. The summed E-state index contributed by atoms with van der Waals surface area (Å²) < 4.78 is 18.9. The van der Waals surface area contributed by atoms with E-state index in [-0.39, 0.29) is 53.7 Å². The van der Waals surface area contributed by atoms with Crippen LogP contribution in [0.3, 0.4) is 0 Å². The largest absolute Gasteiger partial charge is 0.504 e. The van der Waals surface area contributed by atoms with E-state index in [0.29, 0.717) is 17.2 Å². The van der Waals surface area contributed by atoms with Crippen LogP contribution in [-0.4, -0.2) is 138 Å². The summed E-state index contributed by atoms with van der Waals surface area (Å²) in [4.78, 5) is 7.67. The molecule has 15 aliphatic rings. The summed E-state index contributed by atoms with van der Waals surface area (Å²) in [5.41, 5.74) is 6.62. The Labute approximate surface area is 440 Å². The second-order valence-corrected chi connectivity index (χ2v) is 26.7. The van der Waals surface area contributed by atoms with Crippen LogP contribution in [-0.2, 0) is 35.5 Å². The van der Waals surface area contributed by atoms with Crippen molar-refractivity contribution in [2.24, 2.45) is 17.8 Å². The van der Waals surface area contributed by atoms with E-state index in [0.717, 1.165) is 167 Å². The van der Waals surface area contributed by atoms with E-state index >= 15 is 0 Å². The molecule has 0 radical (unpaired) electrons. The molecule has 6 heterocycles. The number of benzene rings is 3. The fourth-order valence-electron chi connectivity index (χ4n) is 19.2. The van der Waals surface area contributed by atoms with Gasteiger partial charge in [-0.1, -0.05) is 37.9 Å². The number of piperidine rings is 3. The van der Waals surface area contributed by atoms with Crippen molar-refractivity contribution in [3.8, 4) is 34.5 Å². The molecular weight excluding hydrogens is 943 g/mol. The normalized spacial score (nSPS) is 41.4. The predicted octanol–water partition coefficient (Wildman–Crippen LogP) is 7.54. The number of aliphatic hydroxyl groups is 3. The molecule has 396 valence electrons. The van der Waals surface area contributed by atoms with Crippen LogP contribution in [0.15, 0.2) is 72.9 Å². The molecule has 9 fully saturated rings. The Hall–Kier alpha value is -4.56. The third-order valence-corrected chi connectivity index (χ3v) is 23.1. The lowest BCUT2D eigenvalue weighted by atomic mass is 9.48. The Balaban J connectivity index is 0.0000000953. The maximum absolute atomic E-state index is 12.1.